The van der Waals surface area contributed by atoms with E-state index in [-0.39, 0.29) is 17.5 Å². The molecule has 0 atom stereocenters. The van der Waals surface area contributed by atoms with Crippen molar-refractivity contribution < 1.29 is 9.21 Å². The van der Waals surface area contributed by atoms with Crippen LogP contribution in [0.3, 0.4) is 0 Å². The molecule has 0 unspecified atom stereocenters. The van der Waals surface area contributed by atoms with Gasteiger partial charge >= 0.3 is 5.63 Å². The van der Waals surface area contributed by atoms with Crippen molar-refractivity contribution in [2.45, 2.75) is 26.3 Å². The summed E-state index contributed by atoms with van der Waals surface area (Å²) in [6, 6.07) is 13.0. The fraction of sp³-hybridized carbons (Fsp3) is 0.318. The van der Waals surface area contributed by atoms with E-state index >= 15 is 0 Å². The summed E-state index contributed by atoms with van der Waals surface area (Å²) in [5, 5.41) is 3.86. The number of aromatic nitrogens is 1. The number of benzene rings is 1. The topological polar surface area (TPSA) is 75.4 Å². The van der Waals surface area contributed by atoms with Crippen LogP contribution in [0.4, 0.5) is 5.82 Å². The number of pyridine rings is 1. The zero-order valence-corrected chi connectivity index (χ0v) is 15.9. The summed E-state index contributed by atoms with van der Waals surface area (Å²) in [5.74, 6) is 0.603. The predicted octanol–water partition coefficient (Wildman–Crippen LogP) is 3.35. The second-order valence-corrected chi connectivity index (χ2v) is 7.34. The second-order valence-electron chi connectivity index (χ2n) is 7.34. The molecule has 0 aliphatic carbocycles. The molecule has 1 aliphatic heterocycles. The number of carbonyl (C=O) groups excluding carboxylic acids is 1. The molecule has 1 fully saturated rings. The Kier molecular flexibility index (Phi) is 5.21. The van der Waals surface area contributed by atoms with Crippen molar-refractivity contribution in [2.24, 2.45) is 5.92 Å². The van der Waals surface area contributed by atoms with E-state index in [2.05, 4.69) is 15.2 Å². The van der Waals surface area contributed by atoms with E-state index < -0.39 is 0 Å². The van der Waals surface area contributed by atoms with Crippen LogP contribution in [0.5, 0.6) is 0 Å². The highest BCUT2D eigenvalue weighted by atomic mass is 16.4. The Labute approximate surface area is 163 Å². The molecular formula is C22H23N3O3. The first kappa shape index (κ1) is 18.4. The van der Waals surface area contributed by atoms with Gasteiger partial charge in [-0.05, 0) is 62.2 Å². The number of piperidine rings is 1. The summed E-state index contributed by atoms with van der Waals surface area (Å²) in [6.45, 7) is 4.29. The normalized spacial score (nSPS) is 15.6. The maximum absolute atomic E-state index is 12.5. The van der Waals surface area contributed by atoms with Gasteiger partial charge in [-0.1, -0.05) is 18.2 Å². The Balaban J connectivity index is 1.40. The van der Waals surface area contributed by atoms with Gasteiger partial charge in [-0.15, -0.1) is 0 Å². The van der Waals surface area contributed by atoms with Gasteiger partial charge in [0, 0.05) is 30.1 Å². The highest BCUT2D eigenvalue weighted by Crippen LogP contribution is 2.24. The molecule has 2 aromatic heterocycles. The van der Waals surface area contributed by atoms with Crippen molar-refractivity contribution in [2.75, 3.05) is 18.4 Å². The number of amides is 1. The molecule has 28 heavy (non-hydrogen) atoms. The number of hydrogen-bond donors (Lipinski definition) is 1. The number of nitrogens with zero attached hydrogens (tertiary/aromatic N) is 2. The molecule has 3 aromatic rings. The Bertz CT molecular complexity index is 1040. The van der Waals surface area contributed by atoms with E-state index in [4.69, 9.17) is 4.42 Å². The third-order valence-electron chi connectivity index (χ3n) is 5.25. The molecule has 1 saturated heterocycles. The number of rotatable bonds is 4. The minimum Gasteiger partial charge on any atom is -0.423 e. The van der Waals surface area contributed by atoms with Crippen molar-refractivity contribution in [3.63, 3.8) is 0 Å². The third kappa shape index (κ3) is 4.12. The van der Waals surface area contributed by atoms with E-state index in [1.54, 1.807) is 18.3 Å². The van der Waals surface area contributed by atoms with Crippen LogP contribution in [-0.2, 0) is 11.3 Å². The van der Waals surface area contributed by atoms with E-state index in [0.29, 0.717) is 17.9 Å². The van der Waals surface area contributed by atoms with Crippen molar-refractivity contribution in [3.05, 3.63) is 70.2 Å². The van der Waals surface area contributed by atoms with Gasteiger partial charge in [0.2, 0.25) is 5.91 Å². The lowest BCUT2D eigenvalue weighted by molar-refractivity contribution is -0.121. The fourth-order valence-corrected chi connectivity index (χ4v) is 3.73. The number of carbonyl (C=O) groups is 1. The maximum Gasteiger partial charge on any atom is 0.336 e. The number of anilines is 1. The lowest BCUT2D eigenvalue weighted by atomic mass is 9.95. The molecule has 1 N–H and O–H groups in total. The van der Waals surface area contributed by atoms with Crippen LogP contribution in [0, 0.1) is 12.8 Å². The Morgan fingerprint density at radius 1 is 1.21 bits per heavy atom. The summed E-state index contributed by atoms with van der Waals surface area (Å²) < 4.78 is 5.34. The fourth-order valence-electron chi connectivity index (χ4n) is 3.73. The second kappa shape index (κ2) is 7.94. The quantitative estimate of drug-likeness (QED) is 0.706. The van der Waals surface area contributed by atoms with Crippen molar-refractivity contribution in [3.8, 4) is 0 Å². The average Bonchev–Trinajstić information content (AvgIpc) is 2.69. The number of nitrogens with one attached hydrogen (secondary N) is 1. The lowest BCUT2D eigenvalue weighted by Gasteiger charge is -2.31. The van der Waals surface area contributed by atoms with Crippen molar-refractivity contribution in [1.29, 1.82) is 0 Å². The number of fused-ring (bicyclic) bond motifs is 1. The molecule has 0 bridgehead atoms. The number of likely N-dealkylation sites (tertiary alicyclic amines) is 1. The first-order valence-corrected chi connectivity index (χ1v) is 9.56. The van der Waals surface area contributed by atoms with E-state index in [1.165, 1.54) is 0 Å². The molecule has 1 amide bonds. The minimum absolute atomic E-state index is 0.0153. The maximum atomic E-state index is 12.5. The van der Waals surface area contributed by atoms with Gasteiger partial charge in [-0.25, -0.2) is 9.78 Å². The molecule has 0 saturated carbocycles. The number of aryl methyl sites for hydroxylation is 1. The van der Waals surface area contributed by atoms with Gasteiger partial charge in [-0.3, -0.25) is 9.69 Å². The largest absolute Gasteiger partial charge is 0.423 e. The minimum atomic E-state index is -0.322. The number of hydrogen-bond acceptors (Lipinski definition) is 5. The van der Waals surface area contributed by atoms with Crippen LogP contribution in [0.15, 0.2) is 57.9 Å². The smallest absolute Gasteiger partial charge is 0.336 e. The molecule has 0 spiro atoms. The van der Waals surface area contributed by atoms with E-state index in [0.717, 1.165) is 42.4 Å². The molecule has 4 rings (SSSR count). The molecular weight excluding hydrogens is 354 g/mol. The van der Waals surface area contributed by atoms with Crippen molar-refractivity contribution >= 4 is 22.7 Å². The van der Waals surface area contributed by atoms with Crippen LogP contribution in [-0.4, -0.2) is 28.9 Å². The summed E-state index contributed by atoms with van der Waals surface area (Å²) in [7, 11) is 0. The SMILES string of the molecule is Cc1ccc2c(CN3CCC(C(=O)Nc4ccccn4)CC3)cc(=O)oc2c1. The van der Waals surface area contributed by atoms with Crippen LogP contribution >= 0.6 is 0 Å². The summed E-state index contributed by atoms with van der Waals surface area (Å²) in [4.78, 5) is 30.8. The Hall–Kier alpha value is -2.99. The lowest BCUT2D eigenvalue weighted by Crippen LogP contribution is -2.38. The van der Waals surface area contributed by atoms with Crippen LogP contribution in [0.2, 0.25) is 0 Å². The van der Waals surface area contributed by atoms with E-state index in [9.17, 15) is 9.59 Å². The molecule has 6 heteroatoms. The van der Waals surface area contributed by atoms with Gasteiger partial charge in [0.25, 0.3) is 0 Å². The first-order chi connectivity index (χ1) is 13.6. The van der Waals surface area contributed by atoms with E-state index in [1.807, 2.05) is 37.3 Å². The zero-order valence-electron chi connectivity index (χ0n) is 15.9. The van der Waals surface area contributed by atoms with Gasteiger partial charge in [0.05, 0.1) is 0 Å². The molecule has 144 valence electrons. The Morgan fingerprint density at radius 2 is 2.04 bits per heavy atom. The molecule has 1 aromatic carbocycles. The third-order valence-corrected chi connectivity index (χ3v) is 5.25. The molecule has 1 aliphatic rings. The first-order valence-electron chi connectivity index (χ1n) is 9.56. The average molecular weight is 377 g/mol. The van der Waals surface area contributed by atoms with Crippen LogP contribution in [0.25, 0.3) is 11.0 Å². The summed E-state index contributed by atoms with van der Waals surface area (Å²) >= 11 is 0. The predicted molar refractivity (Wildman–Crippen MR) is 108 cm³/mol. The highest BCUT2D eigenvalue weighted by Gasteiger charge is 2.25. The highest BCUT2D eigenvalue weighted by molar-refractivity contribution is 5.91. The van der Waals surface area contributed by atoms with Gasteiger partial charge in [0.15, 0.2) is 0 Å². The Morgan fingerprint density at radius 3 is 2.79 bits per heavy atom. The summed E-state index contributed by atoms with van der Waals surface area (Å²) in [5.41, 5.74) is 2.35. The van der Waals surface area contributed by atoms with Crippen LogP contribution in [0.1, 0.15) is 24.0 Å². The molecule has 6 nitrogen and oxygen atoms in total. The summed E-state index contributed by atoms with van der Waals surface area (Å²) in [6.07, 6.45) is 3.24. The van der Waals surface area contributed by atoms with Crippen LogP contribution < -0.4 is 10.9 Å². The van der Waals surface area contributed by atoms with Gasteiger partial charge in [0.1, 0.15) is 11.4 Å². The van der Waals surface area contributed by atoms with Gasteiger partial charge < -0.3 is 9.73 Å². The standard InChI is InChI=1S/C22H23N3O3/c1-15-5-6-18-17(13-21(26)28-19(18)12-15)14-25-10-7-16(8-11-25)22(27)24-20-4-2-3-9-23-20/h2-6,9,12-13,16H,7-8,10-11,14H2,1H3,(H,23,24,27). The zero-order chi connectivity index (χ0) is 19.5. The van der Waals surface area contributed by atoms with Gasteiger partial charge in [-0.2, -0.15) is 0 Å². The molecule has 0 radical (unpaired) electrons. The monoisotopic (exact) mass is 377 g/mol. The molecule has 3 heterocycles. The van der Waals surface area contributed by atoms with Crippen molar-refractivity contribution in [1.82, 2.24) is 9.88 Å².